The predicted molar refractivity (Wildman–Crippen MR) is 170 cm³/mol. The number of alkyl halides is 3. The van der Waals surface area contributed by atoms with Crippen LogP contribution in [0.1, 0.15) is 59.3 Å². The zero-order chi connectivity index (χ0) is 31.7. The maximum Gasteiger partial charge on any atom is 0.420 e. The van der Waals surface area contributed by atoms with E-state index < -0.39 is 11.7 Å². The second kappa shape index (κ2) is 13.2. The van der Waals surface area contributed by atoms with Crippen LogP contribution in [0.25, 0.3) is 10.6 Å². The molecule has 0 spiro atoms. The third kappa shape index (κ3) is 7.39. The number of esters is 1. The molecule has 1 amide bonds. The molecule has 1 aromatic carbocycles. The Balaban J connectivity index is 0.000000664. The molecule has 3 aromatic rings. The average molecular weight is 661 g/mol. The monoisotopic (exact) mass is 660 g/mol. The van der Waals surface area contributed by atoms with Crippen LogP contribution in [0.2, 0.25) is 0 Å². The van der Waals surface area contributed by atoms with Crippen molar-refractivity contribution in [3.05, 3.63) is 46.5 Å². The van der Waals surface area contributed by atoms with Gasteiger partial charge in [0.05, 0.1) is 17.7 Å². The Morgan fingerprint density at radius 1 is 1.11 bits per heavy atom. The van der Waals surface area contributed by atoms with Crippen molar-refractivity contribution < 1.29 is 27.5 Å². The molecular formula is C31H35F3N6O3S2. The smallest absolute Gasteiger partial charge is 0.420 e. The van der Waals surface area contributed by atoms with Crippen molar-refractivity contribution in [1.29, 1.82) is 0 Å². The van der Waals surface area contributed by atoms with Crippen LogP contribution in [0.5, 0.6) is 0 Å². The van der Waals surface area contributed by atoms with E-state index in [1.807, 2.05) is 11.0 Å². The van der Waals surface area contributed by atoms with Gasteiger partial charge in [0.2, 0.25) is 5.95 Å². The molecule has 45 heavy (non-hydrogen) atoms. The molecule has 2 aromatic heterocycles. The first-order valence-corrected chi connectivity index (χ1v) is 16.9. The zero-order valence-corrected chi connectivity index (χ0v) is 26.7. The highest BCUT2D eigenvalue weighted by atomic mass is 32.2. The summed E-state index contributed by atoms with van der Waals surface area (Å²) < 4.78 is 46.4. The third-order valence-electron chi connectivity index (χ3n) is 8.13. The van der Waals surface area contributed by atoms with Crippen LogP contribution < -0.4 is 15.5 Å². The summed E-state index contributed by atoms with van der Waals surface area (Å²) >= 11 is 2.62. The SMILES string of the molecule is COC(C)=O.O=C1c2sc(-c3nc(Nc4ccc(N5CCNCC5)cc4C4CC4)ncc3C(F)(F)F)cc2SCCN1C1CC1. The molecule has 14 heteroatoms. The number of fused-ring (bicyclic) bond motifs is 1. The fourth-order valence-electron chi connectivity index (χ4n) is 5.44. The number of amides is 1. The minimum absolute atomic E-state index is 0.0848. The summed E-state index contributed by atoms with van der Waals surface area (Å²) in [6.45, 7) is 5.78. The number of methoxy groups -OCH3 is 1. The lowest BCUT2D eigenvalue weighted by atomic mass is 10.1. The molecular weight excluding hydrogens is 626 g/mol. The molecule has 2 aliphatic heterocycles. The molecule has 3 fully saturated rings. The van der Waals surface area contributed by atoms with Gasteiger partial charge in [0.15, 0.2) is 0 Å². The van der Waals surface area contributed by atoms with Crippen molar-refractivity contribution >= 4 is 52.3 Å². The highest BCUT2D eigenvalue weighted by Crippen LogP contribution is 2.47. The standard InChI is InChI=1S/C28H29F3N6OS2.C3H6O2/c29-28(30,31)20-15-33-27(34-21-6-5-18(13-19(21)16-1-2-16)36-9-7-32-8-10-36)35-24(20)22-14-23-25(40-22)26(38)37(11-12-39-23)17-3-4-17;1-3(4)5-2/h5-6,13-17,32H,1-4,7-12H2,(H,33,34,35);1-2H3. The molecule has 240 valence electrons. The third-order valence-corrected chi connectivity index (χ3v) is 10.4. The molecule has 9 nitrogen and oxygen atoms in total. The molecule has 2 N–H and O–H groups in total. The van der Waals surface area contributed by atoms with E-state index in [9.17, 15) is 22.8 Å². The number of aromatic nitrogens is 2. The quantitative estimate of drug-likeness (QED) is 0.302. The summed E-state index contributed by atoms with van der Waals surface area (Å²) in [6.07, 6.45) is 0.375. The molecule has 4 aliphatic rings. The fourth-order valence-corrected chi connectivity index (χ4v) is 7.76. The number of carbonyl (C=O) groups is 2. The van der Waals surface area contributed by atoms with Gasteiger partial charge in [-0.1, -0.05) is 0 Å². The molecule has 2 aliphatic carbocycles. The van der Waals surface area contributed by atoms with Crippen molar-refractivity contribution in [3.8, 4) is 10.6 Å². The van der Waals surface area contributed by atoms with E-state index >= 15 is 0 Å². The molecule has 2 saturated carbocycles. The summed E-state index contributed by atoms with van der Waals surface area (Å²) in [5, 5.41) is 6.60. The summed E-state index contributed by atoms with van der Waals surface area (Å²) in [5.41, 5.74) is 2.03. The molecule has 0 atom stereocenters. The van der Waals surface area contributed by atoms with Crippen LogP contribution in [0.15, 0.2) is 35.4 Å². The number of benzene rings is 1. The van der Waals surface area contributed by atoms with Crippen LogP contribution in [0.4, 0.5) is 30.5 Å². The second-order valence-corrected chi connectivity index (χ2v) is 13.6. The number of thioether (sulfide) groups is 1. The predicted octanol–water partition coefficient (Wildman–Crippen LogP) is 6.14. The van der Waals surface area contributed by atoms with Crippen LogP contribution in [-0.4, -0.2) is 78.4 Å². The molecule has 1 saturated heterocycles. The highest BCUT2D eigenvalue weighted by molar-refractivity contribution is 7.99. The van der Waals surface area contributed by atoms with E-state index in [1.54, 1.807) is 6.07 Å². The summed E-state index contributed by atoms with van der Waals surface area (Å²) in [5.74, 6) is 0.928. The number of anilines is 3. The zero-order valence-electron chi connectivity index (χ0n) is 25.1. The van der Waals surface area contributed by atoms with Crippen molar-refractivity contribution in [2.45, 2.75) is 55.6 Å². The van der Waals surface area contributed by atoms with E-state index in [0.717, 1.165) is 97.0 Å². The minimum atomic E-state index is -4.63. The number of piperazine rings is 1. The van der Waals surface area contributed by atoms with E-state index in [-0.39, 0.29) is 29.6 Å². The number of carbonyl (C=O) groups excluding carboxylic acids is 2. The number of nitrogens with one attached hydrogen (secondary N) is 2. The first-order valence-electron chi connectivity index (χ1n) is 15.1. The number of hydrogen-bond acceptors (Lipinski definition) is 10. The lowest BCUT2D eigenvalue weighted by Crippen LogP contribution is -2.43. The Morgan fingerprint density at radius 3 is 2.49 bits per heavy atom. The molecule has 7 rings (SSSR count). The van der Waals surface area contributed by atoms with Gasteiger partial charge in [-0.2, -0.15) is 13.2 Å². The number of ether oxygens (including phenoxy) is 1. The normalized spacial score (nSPS) is 18.5. The Bertz CT molecular complexity index is 1570. The van der Waals surface area contributed by atoms with Gasteiger partial charge in [-0.05, 0) is 61.4 Å². The van der Waals surface area contributed by atoms with Gasteiger partial charge in [-0.25, -0.2) is 9.97 Å². The number of hydrogen-bond donors (Lipinski definition) is 2. The van der Waals surface area contributed by atoms with E-state index in [2.05, 4.69) is 42.4 Å². The molecule has 0 radical (unpaired) electrons. The van der Waals surface area contributed by atoms with E-state index in [0.29, 0.717) is 22.2 Å². The Kier molecular flexibility index (Phi) is 9.25. The van der Waals surface area contributed by atoms with Crippen LogP contribution in [0.3, 0.4) is 0 Å². The van der Waals surface area contributed by atoms with Crippen LogP contribution in [0, 0.1) is 0 Å². The minimum Gasteiger partial charge on any atom is -0.469 e. The van der Waals surface area contributed by atoms with Crippen molar-refractivity contribution in [1.82, 2.24) is 20.2 Å². The van der Waals surface area contributed by atoms with Gasteiger partial charge in [-0.15, -0.1) is 23.1 Å². The first kappa shape index (κ1) is 31.6. The van der Waals surface area contributed by atoms with E-state index in [4.69, 9.17) is 0 Å². The molecule has 0 bridgehead atoms. The van der Waals surface area contributed by atoms with E-state index in [1.165, 1.54) is 25.8 Å². The van der Waals surface area contributed by atoms with Gasteiger partial charge in [0.1, 0.15) is 10.4 Å². The Morgan fingerprint density at radius 2 is 1.84 bits per heavy atom. The fraction of sp³-hybridized carbons (Fsp3) is 0.484. The molecule has 4 heterocycles. The summed E-state index contributed by atoms with van der Waals surface area (Å²) in [7, 11) is 1.35. The maximum atomic E-state index is 14.1. The summed E-state index contributed by atoms with van der Waals surface area (Å²) in [4.78, 5) is 37.1. The lowest BCUT2D eigenvalue weighted by Gasteiger charge is -2.30. The Labute approximate surface area is 267 Å². The summed E-state index contributed by atoms with van der Waals surface area (Å²) in [6, 6.07) is 8.18. The second-order valence-electron chi connectivity index (χ2n) is 11.4. The lowest BCUT2D eigenvalue weighted by molar-refractivity contribution is -0.138. The van der Waals surface area contributed by atoms with Crippen LogP contribution in [-0.2, 0) is 15.7 Å². The Hall–Kier alpha value is -3.36. The van der Waals surface area contributed by atoms with Crippen LogP contribution >= 0.6 is 23.1 Å². The van der Waals surface area contributed by atoms with Crippen molar-refractivity contribution in [2.75, 3.05) is 55.8 Å². The highest BCUT2D eigenvalue weighted by Gasteiger charge is 2.39. The largest absolute Gasteiger partial charge is 0.469 e. The maximum absolute atomic E-state index is 14.1. The number of thiophene rings is 1. The average Bonchev–Trinajstić information content (AvgIpc) is 3.97. The van der Waals surface area contributed by atoms with Gasteiger partial charge in [-0.3, -0.25) is 9.59 Å². The van der Waals surface area contributed by atoms with Crippen molar-refractivity contribution in [2.24, 2.45) is 0 Å². The number of halogens is 3. The van der Waals surface area contributed by atoms with Gasteiger partial charge in [0.25, 0.3) is 5.91 Å². The van der Waals surface area contributed by atoms with Gasteiger partial charge in [0, 0.05) is 73.9 Å². The molecule has 0 unspecified atom stereocenters. The van der Waals surface area contributed by atoms with Gasteiger partial charge >= 0.3 is 12.1 Å². The number of rotatable bonds is 6. The number of nitrogens with zero attached hydrogens (tertiary/aromatic N) is 4. The topological polar surface area (TPSA) is 99.7 Å². The first-order chi connectivity index (χ1) is 21.6. The van der Waals surface area contributed by atoms with Crippen molar-refractivity contribution in [3.63, 3.8) is 0 Å². The van der Waals surface area contributed by atoms with Gasteiger partial charge < -0.3 is 25.2 Å².